The molecule has 0 radical (unpaired) electrons. The Morgan fingerprint density at radius 1 is 1.15 bits per heavy atom. The Morgan fingerprint density at radius 3 is 2.58 bits per heavy atom. The molecule has 3 aromatic rings. The molecular formula is C19H16ClN3O3. The van der Waals surface area contributed by atoms with E-state index in [2.05, 4.69) is 10.4 Å². The number of carbonyl (C=O) groups is 1. The van der Waals surface area contributed by atoms with Crippen LogP contribution in [0, 0.1) is 6.92 Å². The molecule has 7 heteroatoms. The second kappa shape index (κ2) is 7.41. The Hall–Kier alpha value is -3.12. The Balaban J connectivity index is 1.95. The van der Waals surface area contributed by atoms with Crippen molar-refractivity contribution in [2.24, 2.45) is 0 Å². The monoisotopic (exact) mass is 369 g/mol. The fraction of sp³-hybridized carbons (Fsp3) is 0.105. The van der Waals surface area contributed by atoms with Crippen molar-refractivity contribution in [3.63, 3.8) is 0 Å². The summed E-state index contributed by atoms with van der Waals surface area (Å²) in [5.41, 5.74) is 1.62. The highest BCUT2D eigenvalue weighted by atomic mass is 35.5. The summed E-state index contributed by atoms with van der Waals surface area (Å²) in [7, 11) is 1.49. The maximum absolute atomic E-state index is 12.6. The topological polar surface area (TPSA) is 73.2 Å². The lowest BCUT2D eigenvalue weighted by Gasteiger charge is -2.12. The summed E-state index contributed by atoms with van der Waals surface area (Å²) in [4.78, 5) is 24.7. The molecule has 0 aliphatic heterocycles. The second-order valence-corrected chi connectivity index (χ2v) is 5.97. The highest BCUT2D eigenvalue weighted by Crippen LogP contribution is 2.31. The molecule has 0 saturated heterocycles. The van der Waals surface area contributed by atoms with Gasteiger partial charge in [-0.05, 0) is 36.8 Å². The van der Waals surface area contributed by atoms with E-state index >= 15 is 0 Å². The van der Waals surface area contributed by atoms with Gasteiger partial charge < -0.3 is 10.1 Å². The number of hydrogen-bond donors (Lipinski definition) is 1. The highest BCUT2D eigenvalue weighted by Gasteiger charge is 2.14. The van der Waals surface area contributed by atoms with Crippen LogP contribution in [0.1, 0.15) is 16.1 Å². The van der Waals surface area contributed by atoms with Crippen LogP contribution in [0.4, 0.5) is 5.69 Å². The number of rotatable bonds is 4. The average Bonchev–Trinajstić information content (AvgIpc) is 2.65. The average molecular weight is 370 g/mol. The summed E-state index contributed by atoms with van der Waals surface area (Å²) in [5, 5.41) is 7.44. The van der Waals surface area contributed by atoms with Crippen LogP contribution in [0.2, 0.25) is 5.02 Å². The van der Waals surface area contributed by atoms with Gasteiger partial charge in [0.2, 0.25) is 0 Å². The first-order valence-corrected chi connectivity index (χ1v) is 8.18. The number of para-hydroxylation sites is 1. The van der Waals surface area contributed by atoms with Crippen LogP contribution in [0.3, 0.4) is 0 Å². The van der Waals surface area contributed by atoms with Crippen molar-refractivity contribution >= 4 is 23.2 Å². The van der Waals surface area contributed by atoms with Crippen LogP contribution in [-0.4, -0.2) is 22.8 Å². The smallest absolute Gasteiger partial charge is 0.276 e. The zero-order valence-electron chi connectivity index (χ0n) is 14.2. The molecule has 0 bridgehead atoms. The number of anilines is 1. The van der Waals surface area contributed by atoms with Crippen molar-refractivity contribution in [1.29, 1.82) is 0 Å². The molecule has 1 aromatic heterocycles. The van der Waals surface area contributed by atoms with E-state index in [1.54, 1.807) is 36.4 Å². The largest absolute Gasteiger partial charge is 0.495 e. The molecule has 132 valence electrons. The third-order valence-corrected chi connectivity index (χ3v) is 4.17. The quantitative estimate of drug-likeness (QED) is 0.764. The van der Waals surface area contributed by atoms with Crippen LogP contribution >= 0.6 is 11.6 Å². The number of carbonyl (C=O) groups excluding carboxylic acids is 1. The highest BCUT2D eigenvalue weighted by molar-refractivity contribution is 6.31. The first-order chi connectivity index (χ1) is 12.5. The van der Waals surface area contributed by atoms with E-state index in [0.717, 1.165) is 5.56 Å². The summed E-state index contributed by atoms with van der Waals surface area (Å²) >= 11 is 6.08. The van der Waals surface area contributed by atoms with Crippen molar-refractivity contribution in [3.05, 3.63) is 81.2 Å². The molecule has 2 aromatic carbocycles. The van der Waals surface area contributed by atoms with Crippen molar-refractivity contribution in [2.75, 3.05) is 12.4 Å². The molecule has 1 amide bonds. The molecule has 0 aliphatic rings. The molecule has 0 spiro atoms. The molecule has 0 unspecified atom stereocenters. The van der Waals surface area contributed by atoms with Crippen molar-refractivity contribution in [2.45, 2.75) is 6.92 Å². The minimum Gasteiger partial charge on any atom is -0.495 e. The van der Waals surface area contributed by atoms with E-state index in [4.69, 9.17) is 16.3 Å². The van der Waals surface area contributed by atoms with Gasteiger partial charge in [-0.1, -0.05) is 29.8 Å². The third kappa shape index (κ3) is 3.60. The fourth-order valence-electron chi connectivity index (χ4n) is 2.40. The van der Waals surface area contributed by atoms with E-state index in [1.165, 1.54) is 23.9 Å². The van der Waals surface area contributed by atoms with Gasteiger partial charge in [-0.15, -0.1) is 0 Å². The minimum absolute atomic E-state index is 0.100. The number of aromatic nitrogens is 2. The van der Waals surface area contributed by atoms with Gasteiger partial charge in [0.25, 0.3) is 11.5 Å². The van der Waals surface area contributed by atoms with Gasteiger partial charge in [-0.25, -0.2) is 0 Å². The molecule has 0 saturated carbocycles. The number of nitrogens with zero attached hydrogens (tertiary/aromatic N) is 2. The van der Waals surface area contributed by atoms with Gasteiger partial charge in [-0.2, -0.15) is 9.78 Å². The second-order valence-electron chi connectivity index (χ2n) is 5.56. The standard InChI is InChI=1S/C19H16ClN3O3/c1-12-10-16(17(26-2)11-14(12)20)21-19(25)15-8-9-18(24)23(22-15)13-6-4-3-5-7-13/h3-11H,1-2H3,(H,21,25). The van der Waals surface area contributed by atoms with Crippen LogP contribution in [0.15, 0.2) is 59.4 Å². The summed E-state index contributed by atoms with van der Waals surface area (Å²) in [5.74, 6) is -0.0277. The van der Waals surface area contributed by atoms with Crippen LogP contribution in [0.5, 0.6) is 5.75 Å². The molecule has 0 aliphatic carbocycles. The number of methoxy groups -OCH3 is 1. The third-order valence-electron chi connectivity index (χ3n) is 3.76. The number of halogens is 1. The first kappa shape index (κ1) is 17.7. The lowest BCUT2D eigenvalue weighted by Crippen LogP contribution is -2.25. The van der Waals surface area contributed by atoms with Crippen molar-refractivity contribution in [3.8, 4) is 11.4 Å². The Kier molecular flexibility index (Phi) is 5.04. The van der Waals surface area contributed by atoms with Gasteiger partial charge in [0.1, 0.15) is 11.4 Å². The molecule has 1 N–H and O–H groups in total. The molecule has 0 atom stereocenters. The first-order valence-electron chi connectivity index (χ1n) is 7.81. The Bertz CT molecular complexity index is 1020. The predicted molar refractivity (Wildman–Crippen MR) is 101 cm³/mol. The number of aryl methyl sites for hydroxylation is 1. The van der Waals surface area contributed by atoms with E-state index in [9.17, 15) is 9.59 Å². The minimum atomic E-state index is -0.463. The number of nitrogens with one attached hydrogen (secondary N) is 1. The summed E-state index contributed by atoms with van der Waals surface area (Å²) in [6, 6.07) is 14.9. The zero-order chi connectivity index (χ0) is 18.7. The summed E-state index contributed by atoms with van der Waals surface area (Å²) in [6.07, 6.45) is 0. The van der Waals surface area contributed by atoms with E-state index in [-0.39, 0.29) is 11.3 Å². The van der Waals surface area contributed by atoms with E-state index in [1.807, 2.05) is 13.0 Å². The van der Waals surface area contributed by atoms with Crippen molar-refractivity contribution < 1.29 is 9.53 Å². The van der Waals surface area contributed by atoms with E-state index < -0.39 is 5.91 Å². The molecule has 1 heterocycles. The van der Waals surface area contributed by atoms with Crippen LogP contribution in [0.25, 0.3) is 5.69 Å². The normalized spacial score (nSPS) is 10.4. The van der Waals surface area contributed by atoms with Gasteiger partial charge in [-0.3, -0.25) is 9.59 Å². The molecule has 26 heavy (non-hydrogen) atoms. The van der Waals surface area contributed by atoms with Crippen molar-refractivity contribution in [1.82, 2.24) is 9.78 Å². The molecular weight excluding hydrogens is 354 g/mol. The van der Waals surface area contributed by atoms with Gasteiger partial charge in [0.05, 0.1) is 18.5 Å². The zero-order valence-corrected chi connectivity index (χ0v) is 14.9. The number of ether oxygens (including phenoxy) is 1. The SMILES string of the molecule is COc1cc(Cl)c(C)cc1NC(=O)c1ccc(=O)n(-c2ccccc2)n1. The number of hydrogen-bond acceptors (Lipinski definition) is 4. The molecule has 0 fully saturated rings. The molecule has 3 rings (SSSR count). The van der Waals surface area contributed by atoms with Crippen LogP contribution in [-0.2, 0) is 0 Å². The summed E-state index contributed by atoms with van der Waals surface area (Å²) in [6.45, 7) is 1.82. The van der Waals surface area contributed by atoms with Gasteiger partial charge in [0, 0.05) is 17.2 Å². The Labute approximate surface area is 155 Å². The maximum atomic E-state index is 12.6. The number of benzene rings is 2. The lowest BCUT2D eigenvalue weighted by molar-refractivity contribution is 0.102. The predicted octanol–water partition coefficient (Wildman–Crippen LogP) is 3.46. The summed E-state index contributed by atoms with van der Waals surface area (Å²) < 4.78 is 6.44. The lowest BCUT2D eigenvalue weighted by atomic mass is 10.2. The fourth-order valence-corrected chi connectivity index (χ4v) is 2.56. The van der Waals surface area contributed by atoms with Crippen LogP contribution < -0.4 is 15.6 Å². The van der Waals surface area contributed by atoms with Gasteiger partial charge in [0.15, 0.2) is 0 Å². The Morgan fingerprint density at radius 2 is 1.88 bits per heavy atom. The molecule has 6 nitrogen and oxygen atoms in total. The van der Waals surface area contributed by atoms with Gasteiger partial charge >= 0.3 is 0 Å². The number of amides is 1. The van der Waals surface area contributed by atoms with E-state index in [0.29, 0.717) is 22.1 Å². The maximum Gasteiger partial charge on any atom is 0.276 e.